The Balaban J connectivity index is 2.39. The average Bonchev–Trinajstić information content (AvgIpc) is 2.29. The first kappa shape index (κ1) is 12.0. The Morgan fingerprint density at radius 3 is 2.47 bits per heavy atom. The molecule has 0 spiro atoms. The van der Waals surface area contributed by atoms with E-state index in [2.05, 4.69) is 13.8 Å². The van der Waals surface area contributed by atoms with E-state index in [1.165, 1.54) is 12.1 Å². The summed E-state index contributed by atoms with van der Waals surface area (Å²) in [6.07, 6.45) is 3.73. The minimum atomic E-state index is -0.238. The van der Waals surface area contributed by atoms with Gasteiger partial charge in [-0.1, -0.05) is 26.0 Å². The third-order valence-corrected chi connectivity index (χ3v) is 3.44. The van der Waals surface area contributed by atoms with Crippen molar-refractivity contribution in [2.45, 2.75) is 33.1 Å². The Labute approximate surface area is 101 Å². The van der Waals surface area contributed by atoms with Crippen LogP contribution in [-0.4, -0.2) is 6.29 Å². The van der Waals surface area contributed by atoms with Crippen molar-refractivity contribution in [3.63, 3.8) is 0 Å². The molecule has 1 aromatic rings. The molecule has 1 aromatic carbocycles. The molecule has 0 fully saturated rings. The summed E-state index contributed by atoms with van der Waals surface area (Å²) in [5.74, 6) is -0.238. The van der Waals surface area contributed by atoms with Crippen LogP contribution in [0.4, 0.5) is 4.39 Å². The van der Waals surface area contributed by atoms with Crippen molar-refractivity contribution in [2.75, 3.05) is 0 Å². The lowest BCUT2D eigenvalue weighted by Crippen LogP contribution is -2.18. The first-order valence-electron chi connectivity index (χ1n) is 5.95. The van der Waals surface area contributed by atoms with Crippen molar-refractivity contribution < 1.29 is 9.18 Å². The molecule has 1 aliphatic rings. The Bertz CT molecular complexity index is 454. The van der Waals surface area contributed by atoms with E-state index in [1.807, 2.05) is 0 Å². The zero-order valence-corrected chi connectivity index (χ0v) is 10.3. The van der Waals surface area contributed by atoms with Crippen LogP contribution in [0, 0.1) is 11.2 Å². The highest BCUT2D eigenvalue weighted by atomic mass is 19.1. The fourth-order valence-corrected chi connectivity index (χ4v) is 2.43. The average molecular weight is 232 g/mol. The van der Waals surface area contributed by atoms with Crippen LogP contribution in [-0.2, 0) is 4.79 Å². The van der Waals surface area contributed by atoms with Crippen molar-refractivity contribution in [2.24, 2.45) is 5.41 Å². The fourth-order valence-electron chi connectivity index (χ4n) is 2.43. The van der Waals surface area contributed by atoms with Crippen molar-refractivity contribution in [3.8, 4) is 0 Å². The number of benzene rings is 1. The smallest absolute Gasteiger partial charge is 0.146 e. The standard InChI is InChI=1S/C15H17FO/c1-15(2)8-7-14(12(9-15)10-17)11-3-5-13(16)6-4-11/h3-6,10H,7-9H2,1-2H3. The van der Waals surface area contributed by atoms with Crippen molar-refractivity contribution in [3.05, 3.63) is 41.2 Å². The maximum absolute atomic E-state index is 12.9. The van der Waals surface area contributed by atoms with Crippen LogP contribution in [0.25, 0.3) is 5.57 Å². The summed E-state index contributed by atoms with van der Waals surface area (Å²) in [5, 5.41) is 0. The molecule has 0 heterocycles. The second-order valence-electron chi connectivity index (χ2n) is 5.47. The summed E-state index contributed by atoms with van der Waals surface area (Å²) in [6.45, 7) is 4.36. The molecule has 1 nitrogen and oxygen atoms in total. The highest BCUT2D eigenvalue weighted by Gasteiger charge is 2.27. The number of halogens is 1. The number of rotatable bonds is 2. The minimum Gasteiger partial charge on any atom is -0.298 e. The van der Waals surface area contributed by atoms with Gasteiger partial charge in [-0.05, 0) is 53.5 Å². The van der Waals surface area contributed by atoms with E-state index < -0.39 is 0 Å². The van der Waals surface area contributed by atoms with Crippen LogP contribution in [0.2, 0.25) is 0 Å². The molecule has 0 unspecified atom stereocenters. The third kappa shape index (κ3) is 2.63. The lowest BCUT2D eigenvalue weighted by molar-refractivity contribution is -0.105. The summed E-state index contributed by atoms with van der Waals surface area (Å²) >= 11 is 0. The van der Waals surface area contributed by atoms with Gasteiger partial charge >= 0.3 is 0 Å². The van der Waals surface area contributed by atoms with Crippen LogP contribution < -0.4 is 0 Å². The van der Waals surface area contributed by atoms with Gasteiger partial charge in [0.05, 0.1) is 0 Å². The van der Waals surface area contributed by atoms with Gasteiger partial charge in [0.15, 0.2) is 0 Å². The van der Waals surface area contributed by atoms with Gasteiger partial charge in [-0.25, -0.2) is 4.39 Å². The monoisotopic (exact) mass is 232 g/mol. The molecule has 1 aliphatic carbocycles. The molecule has 0 saturated heterocycles. The second kappa shape index (κ2) is 4.44. The van der Waals surface area contributed by atoms with E-state index in [9.17, 15) is 9.18 Å². The zero-order chi connectivity index (χ0) is 12.5. The number of allylic oxidation sites excluding steroid dienone is 2. The zero-order valence-electron chi connectivity index (χ0n) is 10.3. The van der Waals surface area contributed by atoms with E-state index in [-0.39, 0.29) is 11.2 Å². The van der Waals surface area contributed by atoms with Crippen LogP contribution >= 0.6 is 0 Å². The first-order valence-corrected chi connectivity index (χ1v) is 5.95. The maximum atomic E-state index is 12.9. The second-order valence-corrected chi connectivity index (χ2v) is 5.47. The maximum Gasteiger partial charge on any atom is 0.146 e. The van der Waals surface area contributed by atoms with E-state index in [0.717, 1.165) is 42.3 Å². The molecule has 2 heteroatoms. The van der Waals surface area contributed by atoms with Crippen molar-refractivity contribution in [1.82, 2.24) is 0 Å². The molecule has 0 amide bonds. The summed E-state index contributed by atoms with van der Waals surface area (Å²) in [7, 11) is 0. The number of hydrogen-bond donors (Lipinski definition) is 0. The Morgan fingerprint density at radius 1 is 1.24 bits per heavy atom. The highest BCUT2D eigenvalue weighted by Crippen LogP contribution is 2.41. The lowest BCUT2D eigenvalue weighted by atomic mass is 9.73. The molecular weight excluding hydrogens is 215 g/mol. The molecule has 90 valence electrons. The summed E-state index contributed by atoms with van der Waals surface area (Å²) in [5.41, 5.74) is 3.12. The molecule has 2 rings (SSSR count). The van der Waals surface area contributed by atoms with Gasteiger partial charge in [0.1, 0.15) is 12.1 Å². The predicted molar refractivity (Wildman–Crippen MR) is 67.0 cm³/mol. The van der Waals surface area contributed by atoms with Crippen LogP contribution in [0.1, 0.15) is 38.7 Å². The van der Waals surface area contributed by atoms with E-state index >= 15 is 0 Å². The molecule has 0 atom stereocenters. The normalized spacial score (nSPS) is 19.2. The molecule has 0 saturated carbocycles. The molecule has 0 aromatic heterocycles. The predicted octanol–water partition coefficient (Wildman–Crippen LogP) is 3.99. The van der Waals surface area contributed by atoms with Crippen LogP contribution in [0.3, 0.4) is 0 Å². The molecule has 0 bridgehead atoms. The number of carbonyl (C=O) groups is 1. The van der Waals surface area contributed by atoms with E-state index in [0.29, 0.717) is 0 Å². The van der Waals surface area contributed by atoms with Gasteiger partial charge in [0.25, 0.3) is 0 Å². The van der Waals surface area contributed by atoms with Gasteiger partial charge in [-0.15, -0.1) is 0 Å². The Kier molecular flexibility index (Phi) is 3.14. The summed E-state index contributed by atoms with van der Waals surface area (Å²) in [6, 6.07) is 6.41. The molecule has 0 radical (unpaired) electrons. The van der Waals surface area contributed by atoms with E-state index in [1.54, 1.807) is 12.1 Å². The molecule has 0 aliphatic heterocycles. The number of carbonyl (C=O) groups excluding carboxylic acids is 1. The van der Waals surface area contributed by atoms with Crippen molar-refractivity contribution >= 4 is 11.9 Å². The lowest BCUT2D eigenvalue weighted by Gasteiger charge is -2.31. The van der Waals surface area contributed by atoms with Gasteiger partial charge in [-0.2, -0.15) is 0 Å². The Hall–Kier alpha value is -1.44. The number of hydrogen-bond acceptors (Lipinski definition) is 1. The highest BCUT2D eigenvalue weighted by molar-refractivity contribution is 5.89. The first-order chi connectivity index (χ1) is 8.02. The fraction of sp³-hybridized carbons (Fsp3) is 0.400. The van der Waals surface area contributed by atoms with Gasteiger partial charge in [-0.3, -0.25) is 4.79 Å². The van der Waals surface area contributed by atoms with E-state index in [4.69, 9.17) is 0 Å². The molecule has 17 heavy (non-hydrogen) atoms. The van der Waals surface area contributed by atoms with Crippen molar-refractivity contribution in [1.29, 1.82) is 0 Å². The summed E-state index contributed by atoms with van der Waals surface area (Å²) < 4.78 is 12.9. The molecular formula is C15H17FO. The van der Waals surface area contributed by atoms with Crippen LogP contribution in [0.15, 0.2) is 29.8 Å². The van der Waals surface area contributed by atoms with Crippen LogP contribution in [0.5, 0.6) is 0 Å². The topological polar surface area (TPSA) is 17.1 Å². The largest absolute Gasteiger partial charge is 0.298 e. The minimum absolute atomic E-state index is 0.194. The SMILES string of the molecule is CC1(C)CCC(c2ccc(F)cc2)=C(C=O)C1. The van der Waals surface area contributed by atoms with Gasteiger partial charge < -0.3 is 0 Å². The molecule has 0 N–H and O–H groups in total. The van der Waals surface area contributed by atoms with Gasteiger partial charge in [0.2, 0.25) is 0 Å². The van der Waals surface area contributed by atoms with Gasteiger partial charge in [0, 0.05) is 0 Å². The third-order valence-electron chi connectivity index (χ3n) is 3.44. The quantitative estimate of drug-likeness (QED) is 0.705. The number of aldehydes is 1. The Morgan fingerprint density at radius 2 is 1.88 bits per heavy atom. The summed E-state index contributed by atoms with van der Waals surface area (Å²) in [4.78, 5) is 11.2.